The SMILES string of the molecule is Cc1oc(-c2cccc(C(F)(F)F)c2)nc1CO[C@@H]1CCC[C@H](COC(C)C(=O)O)C1. The molecule has 1 aromatic carbocycles. The van der Waals surface area contributed by atoms with Crippen molar-refractivity contribution in [1.82, 2.24) is 4.98 Å². The zero-order valence-corrected chi connectivity index (χ0v) is 17.4. The van der Waals surface area contributed by atoms with Crippen molar-refractivity contribution in [3.63, 3.8) is 0 Å². The summed E-state index contributed by atoms with van der Waals surface area (Å²) in [4.78, 5) is 15.2. The molecule has 0 aliphatic heterocycles. The Kier molecular flexibility index (Phi) is 7.38. The highest BCUT2D eigenvalue weighted by molar-refractivity contribution is 5.71. The second-order valence-electron chi connectivity index (χ2n) is 7.88. The maximum absolute atomic E-state index is 13.0. The van der Waals surface area contributed by atoms with Crippen molar-refractivity contribution in [1.29, 1.82) is 0 Å². The first kappa shape index (κ1) is 23.3. The van der Waals surface area contributed by atoms with Crippen LogP contribution in [0.5, 0.6) is 0 Å². The fraction of sp³-hybridized carbons (Fsp3) is 0.545. The van der Waals surface area contributed by atoms with E-state index in [4.69, 9.17) is 19.0 Å². The first-order chi connectivity index (χ1) is 14.6. The molecule has 31 heavy (non-hydrogen) atoms. The van der Waals surface area contributed by atoms with Crippen molar-refractivity contribution >= 4 is 5.97 Å². The van der Waals surface area contributed by atoms with Gasteiger partial charge in [-0.3, -0.25) is 0 Å². The molecule has 1 unspecified atom stereocenters. The number of carboxylic acids is 1. The molecule has 170 valence electrons. The lowest BCUT2D eigenvalue weighted by Gasteiger charge is -2.29. The summed E-state index contributed by atoms with van der Waals surface area (Å²) in [5.74, 6) is -0.139. The summed E-state index contributed by atoms with van der Waals surface area (Å²) in [6.07, 6.45) is -1.76. The van der Waals surface area contributed by atoms with E-state index in [9.17, 15) is 18.0 Å². The third-order valence-corrected chi connectivity index (χ3v) is 5.45. The van der Waals surface area contributed by atoms with Gasteiger partial charge in [-0.05, 0) is 57.2 Å². The van der Waals surface area contributed by atoms with Crippen molar-refractivity contribution in [2.75, 3.05) is 6.61 Å². The molecule has 3 atom stereocenters. The second kappa shape index (κ2) is 9.82. The Hall–Kier alpha value is -2.39. The average Bonchev–Trinajstić information content (AvgIpc) is 3.11. The number of rotatable bonds is 8. The molecule has 0 bridgehead atoms. The van der Waals surface area contributed by atoms with E-state index in [-0.39, 0.29) is 30.1 Å². The summed E-state index contributed by atoms with van der Waals surface area (Å²) in [5, 5.41) is 8.92. The molecule has 1 fully saturated rings. The monoisotopic (exact) mass is 441 g/mol. The normalized spacial score (nSPS) is 20.5. The number of aliphatic carboxylic acids is 1. The van der Waals surface area contributed by atoms with E-state index < -0.39 is 23.8 Å². The van der Waals surface area contributed by atoms with Gasteiger partial charge in [-0.2, -0.15) is 13.2 Å². The van der Waals surface area contributed by atoms with E-state index in [1.807, 2.05) is 0 Å². The average molecular weight is 441 g/mol. The summed E-state index contributed by atoms with van der Waals surface area (Å²) in [6, 6.07) is 4.86. The maximum Gasteiger partial charge on any atom is 0.416 e. The third kappa shape index (κ3) is 6.30. The standard InChI is InChI=1S/C22H26F3NO5/c1-13-19(26-20(31-13)16-6-4-7-17(10-16)22(23,24)25)12-30-18-8-3-5-15(9-18)11-29-14(2)21(27)28/h4,6-7,10,14-15,18H,3,5,8-9,11-12H2,1-2H3,(H,27,28)/t14?,15-,18+/m0/s1. The van der Waals surface area contributed by atoms with Gasteiger partial charge in [0, 0.05) is 5.56 Å². The molecule has 0 spiro atoms. The number of aromatic nitrogens is 1. The van der Waals surface area contributed by atoms with Crippen molar-refractivity contribution in [3.05, 3.63) is 41.3 Å². The van der Waals surface area contributed by atoms with Crippen LogP contribution in [0.1, 0.15) is 49.6 Å². The number of ether oxygens (including phenoxy) is 2. The van der Waals surface area contributed by atoms with Gasteiger partial charge in [0.25, 0.3) is 0 Å². The highest BCUT2D eigenvalue weighted by atomic mass is 19.4. The molecular formula is C22H26F3NO5. The van der Waals surface area contributed by atoms with Crippen LogP contribution in [0.15, 0.2) is 28.7 Å². The highest BCUT2D eigenvalue weighted by Gasteiger charge is 2.31. The zero-order valence-electron chi connectivity index (χ0n) is 17.4. The first-order valence-corrected chi connectivity index (χ1v) is 10.2. The molecule has 1 aromatic heterocycles. The predicted octanol–water partition coefficient (Wildman–Crippen LogP) is 5.23. The molecule has 1 aliphatic carbocycles. The largest absolute Gasteiger partial charge is 0.479 e. The van der Waals surface area contributed by atoms with Crippen LogP contribution < -0.4 is 0 Å². The molecule has 1 N–H and O–H groups in total. The van der Waals surface area contributed by atoms with E-state index in [1.54, 1.807) is 6.92 Å². The molecule has 1 heterocycles. The maximum atomic E-state index is 13.0. The van der Waals surface area contributed by atoms with E-state index in [0.717, 1.165) is 37.8 Å². The molecule has 1 saturated carbocycles. The van der Waals surface area contributed by atoms with Gasteiger partial charge in [0.1, 0.15) is 11.5 Å². The minimum atomic E-state index is -4.44. The van der Waals surface area contributed by atoms with Crippen LogP contribution in [0.3, 0.4) is 0 Å². The number of hydrogen-bond donors (Lipinski definition) is 1. The van der Waals surface area contributed by atoms with Crippen molar-refractivity contribution in [2.24, 2.45) is 5.92 Å². The summed E-state index contributed by atoms with van der Waals surface area (Å²) >= 11 is 0. The van der Waals surface area contributed by atoms with E-state index in [0.29, 0.717) is 18.1 Å². The van der Waals surface area contributed by atoms with Crippen molar-refractivity contribution in [2.45, 2.75) is 64.5 Å². The number of aryl methyl sites for hydroxylation is 1. The number of benzene rings is 1. The summed E-state index contributed by atoms with van der Waals surface area (Å²) in [5.41, 5.74) is 0.0447. The van der Waals surface area contributed by atoms with Crippen LogP contribution in [-0.4, -0.2) is 34.9 Å². The van der Waals surface area contributed by atoms with Crippen molar-refractivity contribution < 1.29 is 37.0 Å². The second-order valence-corrected chi connectivity index (χ2v) is 7.88. The Bertz CT molecular complexity index is 896. The lowest BCUT2D eigenvalue weighted by Crippen LogP contribution is -2.29. The number of nitrogens with zero attached hydrogens (tertiary/aromatic N) is 1. The third-order valence-electron chi connectivity index (χ3n) is 5.45. The van der Waals surface area contributed by atoms with Gasteiger partial charge in [-0.25, -0.2) is 9.78 Å². The first-order valence-electron chi connectivity index (χ1n) is 10.2. The van der Waals surface area contributed by atoms with Crippen LogP contribution in [0.4, 0.5) is 13.2 Å². The Morgan fingerprint density at radius 3 is 2.84 bits per heavy atom. The smallest absolute Gasteiger partial charge is 0.416 e. The van der Waals surface area contributed by atoms with Gasteiger partial charge < -0.3 is 19.0 Å². The van der Waals surface area contributed by atoms with E-state index in [1.165, 1.54) is 19.1 Å². The lowest BCUT2D eigenvalue weighted by atomic mass is 9.87. The number of carbonyl (C=O) groups is 1. The number of hydrogen-bond acceptors (Lipinski definition) is 5. The van der Waals surface area contributed by atoms with Crippen LogP contribution in [0.2, 0.25) is 0 Å². The van der Waals surface area contributed by atoms with Gasteiger partial charge in [0.05, 0.1) is 24.9 Å². The number of oxazole rings is 1. The zero-order chi connectivity index (χ0) is 22.6. The van der Waals surface area contributed by atoms with E-state index in [2.05, 4.69) is 4.98 Å². The minimum Gasteiger partial charge on any atom is -0.479 e. The van der Waals surface area contributed by atoms with Crippen LogP contribution in [0, 0.1) is 12.8 Å². The molecule has 0 radical (unpaired) electrons. The Morgan fingerprint density at radius 1 is 1.35 bits per heavy atom. The number of carboxylic acid groups (broad SMARTS) is 1. The summed E-state index contributed by atoms with van der Waals surface area (Å²) in [6.45, 7) is 3.77. The predicted molar refractivity (Wildman–Crippen MR) is 105 cm³/mol. The molecule has 1 aliphatic rings. The van der Waals surface area contributed by atoms with Crippen LogP contribution >= 0.6 is 0 Å². The molecule has 2 aromatic rings. The Morgan fingerprint density at radius 2 is 2.13 bits per heavy atom. The molecule has 3 rings (SSSR count). The molecule has 6 nitrogen and oxygen atoms in total. The van der Waals surface area contributed by atoms with Gasteiger partial charge in [0.15, 0.2) is 6.10 Å². The van der Waals surface area contributed by atoms with Crippen LogP contribution in [-0.2, 0) is 27.1 Å². The fourth-order valence-electron chi connectivity index (χ4n) is 3.61. The molecule has 0 amide bonds. The van der Waals surface area contributed by atoms with Crippen LogP contribution in [0.25, 0.3) is 11.5 Å². The van der Waals surface area contributed by atoms with E-state index >= 15 is 0 Å². The Labute approximate surface area is 178 Å². The lowest BCUT2D eigenvalue weighted by molar-refractivity contribution is -0.150. The number of halogens is 3. The highest BCUT2D eigenvalue weighted by Crippen LogP contribution is 2.33. The fourth-order valence-corrected chi connectivity index (χ4v) is 3.61. The molecule has 0 saturated heterocycles. The molecule has 9 heteroatoms. The topological polar surface area (TPSA) is 81.8 Å². The summed E-state index contributed by atoms with van der Waals surface area (Å²) in [7, 11) is 0. The van der Waals surface area contributed by atoms with Gasteiger partial charge in [-0.15, -0.1) is 0 Å². The van der Waals surface area contributed by atoms with Gasteiger partial charge >= 0.3 is 12.1 Å². The number of alkyl halides is 3. The summed E-state index contributed by atoms with van der Waals surface area (Å²) < 4.78 is 55.8. The Balaban J connectivity index is 1.58. The quantitative estimate of drug-likeness (QED) is 0.604. The van der Waals surface area contributed by atoms with Crippen molar-refractivity contribution in [3.8, 4) is 11.5 Å². The van der Waals surface area contributed by atoms with Gasteiger partial charge in [0.2, 0.25) is 5.89 Å². The molecular weight excluding hydrogens is 415 g/mol. The minimum absolute atomic E-state index is 0.0180. The van der Waals surface area contributed by atoms with Gasteiger partial charge in [-0.1, -0.05) is 12.5 Å².